The second-order valence-corrected chi connectivity index (χ2v) is 5.57. The standard InChI is InChI=1S/C13H8ClFN4OS/c14-6-1-2-8(7(15)5-6)19-12(20)11-9(16)10-13(21-11)18-4-3-17-10/h1-5H,16H2,(H,19,20). The lowest BCUT2D eigenvalue weighted by atomic mass is 10.3. The number of hydrogen-bond donors (Lipinski definition) is 2. The number of thiophene rings is 1. The van der Waals surface area contributed by atoms with Crippen LogP contribution in [0.15, 0.2) is 30.6 Å². The SMILES string of the molecule is Nc1c(C(=O)Nc2ccc(Cl)cc2F)sc2nccnc12. The molecule has 8 heteroatoms. The van der Waals surface area contributed by atoms with Gasteiger partial charge >= 0.3 is 0 Å². The Hall–Kier alpha value is -2.25. The van der Waals surface area contributed by atoms with Gasteiger partial charge in [0.15, 0.2) is 0 Å². The Kier molecular flexibility index (Phi) is 3.44. The van der Waals surface area contributed by atoms with Gasteiger partial charge in [0.1, 0.15) is 21.0 Å². The monoisotopic (exact) mass is 322 g/mol. The Balaban J connectivity index is 1.95. The molecule has 0 fully saturated rings. The largest absolute Gasteiger partial charge is 0.396 e. The fraction of sp³-hybridized carbons (Fsp3) is 0. The highest BCUT2D eigenvalue weighted by molar-refractivity contribution is 7.21. The van der Waals surface area contributed by atoms with Crippen LogP contribution in [0.1, 0.15) is 9.67 Å². The van der Waals surface area contributed by atoms with Crippen LogP contribution >= 0.6 is 22.9 Å². The molecule has 21 heavy (non-hydrogen) atoms. The first-order valence-electron chi connectivity index (χ1n) is 5.81. The minimum absolute atomic E-state index is 0.0298. The van der Waals surface area contributed by atoms with Crippen LogP contribution in [-0.4, -0.2) is 15.9 Å². The van der Waals surface area contributed by atoms with Gasteiger partial charge in [0.2, 0.25) is 0 Å². The van der Waals surface area contributed by atoms with Gasteiger partial charge in [0.25, 0.3) is 5.91 Å². The first-order valence-corrected chi connectivity index (χ1v) is 7.01. The van der Waals surface area contributed by atoms with Crippen molar-refractivity contribution in [3.05, 3.63) is 46.3 Å². The number of nitrogen functional groups attached to an aromatic ring is 1. The molecular formula is C13H8ClFN4OS. The summed E-state index contributed by atoms with van der Waals surface area (Å²) < 4.78 is 13.7. The predicted molar refractivity (Wildman–Crippen MR) is 81.2 cm³/mol. The van der Waals surface area contributed by atoms with Crippen LogP contribution in [-0.2, 0) is 0 Å². The number of amides is 1. The Morgan fingerprint density at radius 2 is 2.10 bits per heavy atom. The number of nitrogens with zero attached hydrogens (tertiary/aromatic N) is 2. The molecule has 5 nitrogen and oxygen atoms in total. The van der Waals surface area contributed by atoms with Gasteiger partial charge < -0.3 is 11.1 Å². The summed E-state index contributed by atoms with van der Waals surface area (Å²) in [6.07, 6.45) is 3.00. The lowest BCUT2D eigenvalue weighted by Gasteiger charge is -2.05. The number of anilines is 2. The minimum Gasteiger partial charge on any atom is -0.396 e. The molecule has 0 atom stereocenters. The van der Waals surface area contributed by atoms with Gasteiger partial charge in [0, 0.05) is 17.4 Å². The average molecular weight is 323 g/mol. The third-order valence-corrected chi connectivity index (χ3v) is 4.09. The maximum absolute atomic E-state index is 13.7. The molecule has 1 aromatic carbocycles. The summed E-state index contributed by atoms with van der Waals surface area (Å²) in [7, 11) is 0. The molecule has 3 aromatic rings. The van der Waals surface area contributed by atoms with Crippen LogP contribution in [0.4, 0.5) is 15.8 Å². The van der Waals surface area contributed by atoms with Crippen molar-refractivity contribution in [3.8, 4) is 0 Å². The summed E-state index contributed by atoms with van der Waals surface area (Å²) in [5.74, 6) is -1.13. The highest BCUT2D eigenvalue weighted by atomic mass is 35.5. The Morgan fingerprint density at radius 1 is 1.33 bits per heavy atom. The van der Waals surface area contributed by atoms with Crippen molar-refractivity contribution in [2.45, 2.75) is 0 Å². The van der Waals surface area contributed by atoms with Gasteiger partial charge in [-0.05, 0) is 18.2 Å². The number of aromatic nitrogens is 2. The molecular weight excluding hydrogens is 315 g/mol. The molecule has 0 saturated heterocycles. The normalized spacial score (nSPS) is 10.8. The van der Waals surface area contributed by atoms with E-state index in [0.717, 1.165) is 17.4 Å². The highest BCUT2D eigenvalue weighted by Crippen LogP contribution is 2.31. The number of fused-ring (bicyclic) bond motifs is 1. The number of carbonyl (C=O) groups excluding carboxylic acids is 1. The van der Waals surface area contributed by atoms with Crippen LogP contribution < -0.4 is 11.1 Å². The summed E-state index contributed by atoms with van der Waals surface area (Å²) in [4.78, 5) is 21.2. The number of nitrogens with two attached hydrogens (primary N) is 1. The van der Waals surface area contributed by atoms with E-state index in [0.29, 0.717) is 10.3 Å². The topological polar surface area (TPSA) is 80.9 Å². The van der Waals surface area contributed by atoms with Crippen molar-refractivity contribution in [3.63, 3.8) is 0 Å². The molecule has 0 saturated carbocycles. The lowest BCUT2D eigenvalue weighted by molar-refractivity contribution is 0.103. The molecule has 0 unspecified atom stereocenters. The van der Waals surface area contributed by atoms with Gasteiger partial charge in [0.05, 0.1) is 11.4 Å². The van der Waals surface area contributed by atoms with Crippen molar-refractivity contribution in [1.82, 2.24) is 9.97 Å². The van der Waals surface area contributed by atoms with Crippen molar-refractivity contribution >= 4 is 50.6 Å². The van der Waals surface area contributed by atoms with Gasteiger partial charge in [-0.2, -0.15) is 0 Å². The maximum Gasteiger partial charge on any atom is 0.268 e. The average Bonchev–Trinajstić information content (AvgIpc) is 2.80. The van der Waals surface area contributed by atoms with Gasteiger partial charge in [-0.3, -0.25) is 4.79 Å². The van der Waals surface area contributed by atoms with E-state index in [-0.39, 0.29) is 21.3 Å². The summed E-state index contributed by atoms with van der Waals surface area (Å²) >= 11 is 6.76. The van der Waals surface area contributed by atoms with Gasteiger partial charge in [-0.1, -0.05) is 11.6 Å². The number of rotatable bonds is 2. The fourth-order valence-corrected chi connectivity index (χ4v) is 2.86. The molecule has 0 aliphatic heterocycles. The molecule has 0 radical (unpaired) electrons. The second kappa shape index (κ2) is 5.27. The minimum atomic E-state index is -0.619. The molecule has 3 rings (SSSR count). The van der Waals surface area contributed by atoms with E-state index in [9.17, 15) is 9.18 Å². The summed E-state index contributed by atoms with van der Waals surface area (Å²) in [5, 5.41) is 2.71. The van der Waals surface area contributed by atoms with E-state index in [1.54, 1.807) is 0 Å². The maximum atomic E-state index is 13.7. The quantitative estimate of drug-likeness (QED) is 0.758. The van der Waals surface area contributed by atoms with Crippen LogP contribution in [0.25, 0.3) is 10.3 Å². The smallest absolute Gasteiger partial charge is 0.268 e. The zero-order valence-electron chi connectivity index (χ0n) is 10.4. The van der Waals surface area contributed by atoms with Crippen molar-refractivity contribution in [2.75, 3.05) is 11.1 Å². The highest BCUT2D eigenvalue weighted by Gasteiger charge is 2.19. The molecule has 2 heterocycles. The van der Waals surface area contributed by atoms with E-state index in [4.69, 9.17) is 17.3 Å². The molecule has 0 bridgehead atoms. The molecule has 0 aliphatic carbocycles. The number of nitrogens with one attached hydrogen (secondary N) is 1. The van der Waals surface area contributed by atoms with Crippen molar-refractivity contribution in [1.29, 1.82) is 0 Å². The van der Waals surface area contributed by atoms with E-state index in [1.165, 1.54) is 24.5 Å². The van der Waals surface area contributed by atoms with E-state index >= 15 is 0 Å². The Bertz CT molecular complexity index is 851. The molecule has 0 aliphatic rings. The zero-order valence-corrected chi connectivity index (χ0v) is 12.0. The first-order chi connectivity index (χ1) is 10.1. The van der Waals surface area contributed by atoms with Crippen LogP contribution in [0, 0.1) is 5.82 Å². The lowest BCUT2D eigenvalue weighted by Crippen LogP contribution is -2.13. The number of halogens is 2. The van der Waals surface area contributed by atoms with Crippen LogP contribution in [0.5, 0.6) is 0 Å². The van der Waals surface area contributed by atoms with E-state index in [2.05, 4.69) is 15.3 Å². The molecule has 106 valence electrons. The number of hydrogen-bond acceptors (Lipinski definition) is 5. The zero-order chi connectivity index (χ0) is 15.0. The second-order valence-electron chi connectivity index (χ2n) is 4.13. The van der Waals surface area contributed by atoms with Crippen molar-refractivity contribution in [2.24, 2.45) is 0 Å². The number of benzene rings is 1. The first kappa shape index (κ1) is 13.7. The Labute approximate surface area is 127 Å². The van der Waals surface area contributed by atoms with Gasteiger partial charge in [-0.25, -0.2) is 14.4 Å². The third kappa shape index (κ3) is 2.53. The van der Waals surface area contributed by atoms with Gasteiger partial charge in [-0.15, -0.1) is 11.3 Å². The Morgan fingerprint density at radius 3 is 2.81 bits per heavy atom. The van der Waals surface area contributed by atoms with Crippen LogP contribution in [0.2, 0.25) is 5.02 Å². The summed E-state index contributed by atoms with van der Waals surface area (Å²) in [5.41, 5.74) is 6.61. The van der Waals surface area contributed by atoms with Crippen LogP contribution in [0.3, 0.4) is 0 Å². The van der Waals surface area contributed by atoms with Crippen molar-refractivity contribution < 1.29 is 9.18 Å². The summed E-state index contributed by atoms with van der Waals surface area (Å²) in [6.45, 7) is 0. The molecule has 2 aromatic heterocycles. The predicted octanol–water partition coefficient (Wildman–Crippen LogP) is 3.32. The van der Waals surface area contributed by atoms with E-state index < -0.39 is 11.7 Å². The molecule has 1 amide bonds. The third-order valence-electron chi connectivity index (χ3n) is 2.75. The number of carbonyl (C=O) groups is 1. The molecule has 0 spiro atoms. The fourth-order valence-electron chi connectivity index (χ4n) is 1.78. The summed E-state index contributed by atoms with van der Waals surface area (Å²) in [6, 6.07) is 3.99. The molecule has 3 N–H and O–H groups in total. The van der Waals surface area contributed by atoms with E-state index in [1.807, 2.05) is 0 Å².